The number of aromatic nitrogens is 2. The lowest BCUT2D eigenvalue weighted by Crippen LogP contribution is -2.16. The molecule has 164 valence electrons. The maximum absolute atomic E-state index is 13.2. The molecule has 2 aromatic heterocycles. The summed E-state index contributed by atoms with van der Waals surface area (Å²) in [5.41, 5.74) is 0.543. The van der Waals surface area contributed by atoms with E-state index in [1.165, 1.54) is 18.3 Å². The van der Waals surface area contributed by atoms with Crippen molar-refractivity contribution in [1.29, 1.82) is 0 Å². The number of alkyl halides is 3. The van der Waals surface area contributed by atoms with Gasteiger partial charge in [0.25, 0.3) is 5.91 Å². The van der Waals surface area contributed by atoms with Crippen molar-refractivity contribution in [2.24, 2.45) is 0 Å². The van der Waals surface area contributed by atoms with E-state index < -0.39 is 23.6 Å². The third-order valence-electron chi connectivity index (χ3n) is 4.67. The minimum Gasteiger partial charge on any atom is -0.325 e. The van der Waals surface area contributed by atoms with Crippen molar-refractivity contribution in [3.8, 4) is 5.69 Å². The fourth-order valence-electron chi connectivity index (χ4n) is 3.21. The standard InChI is InChI=1S/C22H17F3N4O2S/c1-12-16-11-19(32-21(16)29(28-12)15-6-4-3-5-7-15)20(31)27-18-10-14(22(23,24)25)8-9-17(18)26-13(2)30/h3-11H,1-2H3,(H,26,30)(H,27,31). The molecule has 0 spiro atoms. The fourth-order valence-corrected chi connectivity index (χ4v) is 4.29. The van der Waals surface area contributed by atoms with Gasteiger partial charge in [0.2, 0.25) is 5.91 Å². The molecule has 0 unspecified atom stereocenters. The summed E-state index contributed by atoms with van der Waals surface area (Å²) in [4.78, 5) is 25.4. The smallest absolute Gasteiger partial charge is 0.325 e. The first-order chi connectivity index (χ1) is 15.1. The van der Waals surface area contributed by atoms with Crippen LogP contribution in [0.5, 0.6) is 0 Å². The third kappa shape index (κ3) is 4.22. The fraction of sp³-hybridized carbons (Fsp3) is 0.136. The summed E-state index contributed by atoms with van der Waals surface area (Å²) >= 11 is 1.18. The van der Waals surface area contributed by atoms with Crippen LogP contribution in [0.4, 0.5) is 24.5 Å². The van der Waals surface area contributed by atoms with E-state index >= 15 is 0 Å². The lowest BCUT2D eigenvalue weighted by atomic mass is 10.1. The number of benzene rings is 2. The summed E-state index contributed by atoms with van der Waals surface area (Å²) in [6.07, 6.45) is -4.60. The van der Waals surface area contributed by atoms with Crippen molar-refractivity contribution in [3.63, 3.8) is 0 Å². The zero-order valence-electron chi connectivity index (χ0n) is 16.9. The van der Waals surface area contributed by atoms with Crippen molar-refractivity contribution in [1.82, 2.24) is 9.78 Å². The first-order valence-electron chi connectivity index (χ1n) is 9.48. The summed E-state index contributed by atoms with van der Waals surface area (Å²) < 4.78 is 41.2. The molecule has 0 saturated heterocycles. The maximum atomic E-state index is 13.2. The van der Waals surface area contributed by atoms with Crippen molar-refractivity contribution < 1.29 is 22.8 Å². The van der Waals surface area contributed by atoms with Crippen molar-refractivity contribution in [3.05, 3.63) is 70.7 Å². The molecule has 0 atom stereocenters. The Bertz CT molecular complexity index is 1330. The highest BCUT2D eigenvalue weighted by Crippen LogP contribution is 2.35. The topological polar surface area (TPSA) is 76.0 Å². The van der Waals surface area contributed by atoms with E-state index in [0.29, 0.717) is 4.88 Å². The average molecular weight is 458 g/mol. The van der Waals surface area contributed by atoms with Gasteiger partial charge in [-0.15, -0.1) is 11.3 Å². The highest BCUT2D eigenvalue weighted by Gasteiger charge is 2.31. The van der Waals surface area contributed by atoms with Gasteiger partial charge in [-0.3, -0.25) is 9.59 Å². The van der Waals surface area contributed by atoms with Crippen LogP contribution >= 0.6 is 11.3 Å². The molecule has 2 N–H and O–H groups in total. The highest BCUT2D eigenvalue weighted by atomic mass is 32.1. The van der Waals surface area contributed by atoms with E-state index in [1.54, 1.807) is 10.7 Å². The van der Waals surface area contributed by atoms with E-state index in [2.05, 4.69) is 15.7 Å². The number of nitrogens with one attached hydrogen (secondary N) is 2. The van der Waals surface area contributed by atoms with Gasteiger partial charge < -0.3 is 10.6 Å². The molecule has 32 heavy (non-hydrogen) atoms. The number of para-hydroxylation sites is 1. The molecule has 4 rings (SSSR count). The van der Waals surface area contributed by atoms with E-state index in [9.17, 15) is 22.8 Å². The third-order valence-corrected chi connectivity index (χ3v) is 5.78. The first kappa shape index (κ1) is 21.6. The molecule has 0 bridgehead atoms. The van der Waals surface area contributed by atoms with Crippen molar-refractivity contribution in [2.45, 2.75) is 20.0 Å². The molecule has 0 aliphatic rings. The molecule has 0 radical (unpaired) electrons. The molecule has 4 aromatic rings. The summed E-state index contributed by atoms with van der Waals surface area (Å²) in [5.74, 6) is -1.06. The van der Waals surface area contributed by atoms with Gasteiger partial charge in [-0.1, -0.05) is 18.2 Å². The maximum Gasteiger partial charge on any atom is 0.416 e. The van der Waals surface area contributed by atoms with Gasteiger partial charge in [-0.25, -0.2) is 4.68 Å². The van der Waals surface area contributed by atoms with Gasteiger partial charge in [0.05, 0.1) is 33.2 Å². The Kier molecular flexibility index (Phi) is 5.47. The van der Waals surface area contributed by atoms with Crippen LogP contribution in [0.2, 0.25) is 0 Å². The number of anilines is 2. The number of hydrogen-bond donors (Lipinski definition) is 2. The van der Waals surface area contributed by atoms with E-state index in [0.717, 1.165) is 39.8 Å². The molecular weight excluding hydrogens is 441 g/mol. The molecule has 6 nitrogen and oxygen atoms in total. The summed E-state index contributed by atoms with van der Waals surface area (Å²) in [7, 11) is 0. The molecule has 0 saturated carbocycles. The molecule has 0 fully saturated rings. The van der Waals surface area contributed by atoms with Crippen LogP contribution in [0.15, 0.2) is 54.6 Å². The zero-order chi connectivity index (χ0) is 23.0. The van der Waals surface area contributed by atoms with Gasteiger partial charge in [0, 0.05) is 12.3 Å². The predicted molar refractivity (Wildman–Crippen MR) is 117 cm³/mol. The van der Waals surface area contributed by atoms with Crippen LogP contribution in [-0.4, -0.2) is 21.6 Å². The van der Waals surface area contributed by atoms with Gasteiger partial charge in [0.15, 0.2) is 0 Å². The van der Waals surface area contributed by atoms with E-state index in [4.69, 9.17) is 0 Å². The largest absolute Gasteiger partial charge is 0.416 e. The van der Waals surface area contributed by atoms with Gasteiger partial charge in [-0.05, 0) is 43.3 Å². The minimum atomic E-state index is -4.60. The number of thiophene rings is 1. The van der Waals surface area contributed by atoms with Crippen LogP contribution in [-0.2, 0) is 11.0 Å². The molecule has 2 amide bonds. The van der Waals surface area contributed by atoms with E-state index in [1.807, 2.05) is 37.3 Å². The Balaban J connectivity index is 1.70. The second-order valence-corrected chi connectivity index (χ2v) is 8.09. The molecule has 2 heterocycles. The number of halogens is 3. The lowest BCUT2D eigenvalue weighted by Gasteiger charge is -2.14. The van der Waals surface area contributed by atoms with Crippen molar-refractivity contribution >= 4 is 44.7 Å². The van der Waals surface area contributed by atoms with E-state index in [-0.39, 0.29) is 11.4 Å². The second-order valence-electron chi connectivity index (χ2n) is 7.06. The predicted octanol–water partition coefficient (Wildman–Crippen LogP) is 5.62. The normalized spacial score (nSPS) is 11.5. The molecule has 2 aromatic carbocycles. The highest BCUT2D eigenvalue weighted by molar-refractivity contribution is 7.20. The van der Waals surface area contributed by atoms with Crippen LogP contribution < -0.4 is 10.6 Å². The Morgan fingerprint density at radius 1 is 1.00 bits per heavy atom. The first-order valence-corrected chi connectivity index (χ1v) is 10.3. The van der Waals surface area contributed by atoms with Crippen LogP contribution in [0.1, 0.15) is 27.9 Å². The molecule has 0 aliphatic carbocycles. The Labute approximate surface area is 184 Å². The summed E-state index contributed by atoms with van der Waals surface area (Å²) in [5, 5.41) is 10.2. The van der Waals surface area contributed by atoms with Gasteiger partial charge in [0.1, 0.15) is 4.83 Å². The van der Waals surface area contributed by atoms with Crippen LogP contribution in [0.3, 0.4) is 0 Å². The monoisotopic (exact) mass is 458 g/mol. The quantitative estimate of drug-likeness (QED) is 0.417. The number of fused-ring (bicyclic) bond motifs is 1. The minimum absolute atomic E-state index is 0.0756. The Hall–Kier alpha value is -3.66. The Morgan fingerprint density at radius 2 is 1.72 bits per heavy atom. The second kappa shape index (κ2) is 8.12. The van der Waals surface area contributed by atoms with Crippen molar-refractivity contribution in [2.75, 3.05) is 10.6 Å². The number of carbonyl (C=O) groups excluding carboxylic acids is 2. The number of amides is 2. The van der Waals surface area contributed by atoms with Gasteiger partial charge in [-0.2, -0.15) is 18.3 Å². The summed E-state index contributed by atoms with van der Waals surface area (Å²) in [6, 6.07) is 13.8. The van der Waals surface area contributed by atoms with Gasteiger partial charge >= 0.3 is 6.18 Å². The molecule has 10 heteroatoms. The number of rotatable bonds is 4. The lowest BCUT2D eigenvalue weighted by molar-refractivity contribution is -0.137. The number of nitrogens with zero attached hydrogens (tertiary/aromatic N) is 2. The summed E-state index contributed by atoms with van der Waals surface area (Å²) in [6.45, 7) is 3.05. The number of carbonyl (C=O) groups is 2. The number of hydrogen-bond acceptors (Lipinski definition) is 4. The SMILES string of the molecule is CC(=O)Nc1ccc(C(F)(F)F)cc1NC(=O)c1cc2c(C)nn(-c3ccccc3)c2s1. The van der Waals surface area contributed by atoms with Crippen LogP contribution in [0.25, 0.3) is 15.9 Å². The average Bonchev–Trinajstić information content (AvgIpc) is 3.29. The molecular formula is C22H17F3N4O2S. The number of aryl methyl sites for hydroxylation is 1. The zero-order valence-corrected chi connectivity index (χ0v) is 17.8. The Morgan fingerprint density at radius 3 is 2.38 bits per heavy atom. The van der Waals surface area contributed by atoms with Crippen LogP contribution in [0, 0.1) is 6.92 Å². The molecule has 0 aliphatic heterocycles.